The lowest BCUT2D eigenvalue weighted by Gasteiger charge is -2.04. The highest BCUT2D eigenvalue weighted by Gasteiger charge is 2.11. The third kappa shape index (κ3) is 3.98. The highest BCUT2D eigenvalue weighted by atomic mass is 35.5. The predicted octanol–water partition coefficient (Wildman–Crippen LogP) is 4.78. The van der Waals surface area contributed by atoms with Crippen LogP contribution in [0.1, 0.15) is 17.0 Å². The monoisotopic (exact) mass is 376 g/mol. The molecule has 0 saturated heterocycles. The van der Waals surface area contributed by atoms with Gasteiger partial charge in [0.15, 0.2) is 5.82 Å². The fourth-order valence-corrected chi connectivity index (χ4v) is 3.06. The third-order valence-electron chi connectivity index (χ3n) is 3.34. The number of thioether (sulfide) groups is 1. The Morgan fingerprint density at radius 3 is 2.62 bits per heavy atom. The van der Waals surface area contributed by atoms with Crippen LogP contribution in [0, 0.1) is 0 Å². The van der Waals surface area contributed by atoms with Gasteiger partial charge in [-0.15, -0.1) is 10.2 Å². The van der Waals surface area contributed by atoms with Crippen LogP contribution in [0.3, 0.4) is 0 Å². The van der Waals surface area contributed by atoms with Crippen LogP contribution in [-0.2, 0) is 6.42 Å². The fraction of sp³-hybridized carbons (Fsp3) is 0.118. The quantitative estimate of drug-likeness (QED) is 0.475. The van der Waals surface area contributed by atoms with Gasteiger partial charge in [0.25, 0.3) is 0 Å². The second kappa shape index (κ2) is 7.83. The van der Waals surface area contributed by atoms with Crippen LogP contribution < -0.4 is 0 Å². The van der Waals surface area contributed by atoms with Gasteiger partial charge in [-0.25, -0.2) is 0 Å². The van der Waals surface area contributed by atoms with Crippen LogP contribution in [-0.4, -0.2) is 27.3 Å². The predicted molar refractivity (Wildman–Crippen MR) is 101 cm³/mol. The highest BCUT2D eigenvalue weighted by molar-refractivity contribution is 7.98. The average molecular weight is 377 g/mol. The minimum Gasteiger partial charge on any atom is -0.191 e. The van der Waals surface area contributed by atoms with Crippen molar-refractivity contribution in [3.05, 3.63) is 75.5 Å². The number of halogens is 2. The Morgan fingerprint density at radius 1 is 1.12 bits per heavy atom. The Hall–Kier alpha value is -1.82. The topological polar surface area (TPSA) is 43.1 Å². The largest absolute Gasteiger partial charge is 0.211 e. The molecular formula is C17H14Cl2N4S. The fourth-order valence-electron chi connectivity index (χ4n) is 2.15. The maximum Gasteiger partial charge on any atom is 0.211 e. The first-order valence-corrected chi connectivity index (χ1v) is 9.17. The summed E-state index contributed by atoms with van der Waals surface area (Å²) in [5.74, 6) is 0.770. The third-order valence-corrected chi connectivity index (χ3v) is 4.52. The number of nitrogens with zero attached hydrogens (tertiary/aromatic N) is 4. The second-order valence-corrected chi connectivity index (χ2v) is 6.60. The van der Waals surface area contributed by atoms with E-state index in [-0.39, 0.29) is 0 Å². The molecule has 3 aromatic rings. The lowest BCUT2D eigenvalue weighted by atomic mass is 10.1. The zero-order chi connectivity index (χ0) is 16.9. The smallest absolute Gasteiger partial charge is 0.191 e. The van der Waals surface area contributed by atoms with Crippen molar-refractivity contribution in [2.75, 3.05) is 6.26 Å². The Labute approximate surface area is 154 Å². The van der Waals surface area contributed by atoms with Crippen LogP contribution >= 0.6 is 35.0 Å². The minimum atomic E-state index is 0.551. The van der Waals surface area contributed by atoms with E-state index >= 15 is 0 Å². The van der Waals surface area contributed by atoms with Crippen LogP contribution in [0.4, 0.5) is 0 Å². The van der Waals surface area contributed by atoms with E-state index in [9.17, 15) is 0 Å². The summed E-state index contributed by atoms with van der Waals surface area (Å²) in [6.45, 7) is 0. The van der Waals surface area contributed by atoms with E-state index in [0.29, 0.717) is 16.5 Å². The van der Waals surface area contributed by atoms with Gasteiger partial charge in [0, 0.05) is 17.0 Å². The molecule has 0 N–H and O–H groups in total. The summed E-state index contributed by atoms with van der Waals surface area (Å²) in [5, 5.41) is 14.8. The van der Waals surface area contributed by atoms with E-state index in [1.807, 2.05) is 30.5 Å². The number of hydrogen-bond acceptors (Lipinski definition) is 4. The highest BCUT2D eigenvalue weighted by Crippen LogP contribution is 2.20. The molecule has 0 aliphatic carbocycles. The van der Waals surface area contributed by atoms with Crippen molar-refractivity contribution in [2.24, 2.45) is 5.10 Å². The molecule has 24 heavy (non-hydrogen) atoms. The molecule has 0 aliphatic rings. The summed E-state index contributed by atoms with van der Waals surface area (Å²) in [5.41, 5.74) is 1.94. The lowest BCUT2D eigenvalue weighted by molar-refractivity contribution is 0.730. The van der Waals surface area contributed by atoms with Crippen LogP contribution in [0.25, 0.3) is 0 Å². The van der Waals surface area contributed by atoms with Crippen LogP contribution in [0.2, 0.25) is 10.0 Å². The number of aromatic nitrogens is 3. The average Bonchev–Trinajstić information content (AvgIpc) is 2.97. The first-order chi connectivity index (χ1) is 11.7. The molecule has 3 rings (SSSR count). The maximum absolute atomic E-state index is 6.19. The van der Waals surface area contributed by atoms with Gasteiger partial charge in [-0.3, -0.25) is 0 Å². The molecule has 1 aromatic heterocycles. The second-order valence-electron chi connectivity index (χ2n) is 4.99. The Balaban J connectivity index is 1.91. The molecular weight excluding hydrogens is 363 g/mol. The molecule has 0 spiro atoms. The molecule has 0 unspecified atom stereocenters. The van der Waals surface area contributed by atoms with Gasteiger partial charge in [-0.05, 0) is 24.0 Å². The van der Waals surface area contributed by atoms with Crippen molar-refractivity contribution in [1.29, 1.82) is 0 Å². The van der Waals surface area contributed by atoms with E-state index in [2.05, 4.69) is 27.4 Å². The van der Waals surface area contributed by atoms with Gasteiger partial charge in [-0.2, -0.15) is 9.78 Å². The van der Waals surface area contributed by atoms with E-state index in [0.717, 1.165) is 22.1 Å². The van der Waals surface area contributed by atoms with Gasteiger partial charge in [0.1, 0.15) is 0 Å². The van der Waals surface area contributed by atoms with Gasteiger partial charge in [0.2, 0.25) is 5.16 Å². The van der Waals surface area contributed by atoms with Crippen molar-refractivity contribution in [1.82, 2.24) is 14.9 Å². The van der Waals surface area contributed by atoms with Gasteiger partial charge >= 0.3 is 0 Å². The Bertz CT molecular complexity index is 862. The van der Waals surface area contributed by atoms with E-state index in [1.165, 1.54) is 11.8 Å². The van der Waals surface area contributed by atoms with E-state index < -0.39 is 0 Å². The van der Waals surface area contributed by atoms with E-state index in [1.54, 1.807) is 23.0 Å². The molecule has 0 aliphatic heterocycles. The first-order valence-electron chi connectivity index (χ1n) is 7.19. The molecule has 0 fully saturated rings. The number of rotatable bonds is 5. The zero-order valence-corrected chi connectivity index (χ0v) is 15.2. The normalized spacial score (nSPS) is 11.3. The molecule has 0 saturated carbocycles. The van der Waals surface area contributed by atoms with Crippen LogP contribution in [0.5, 0.6) is 0 Å². The summed E-state index contributed by atoms with van der Waals surface area (Å²) in [4.78, 5) is 0. The maximum atomic E-state index is 6.19. The molecule has 7 heteroatoms. The van der Waals surface area contributed by atoms with Crippen molar-refractivity contribution in [2.45, 2.75) is 11.6 Å². The number of benzene rings is 2. The summed E-state index contributed by atoms with van der Waals surface area (Å²) in [6, 6.07) is 15.4. The van der Waals surface area contributed by atoms with E-state index in [4.69, 9.17) is 23.2 Å². The van der Waals surface area contributed by atoms with Gasteiger partial charge < -0.3 is 0 Å². The molecule has 0 bridgehead atoms. The van der Waals surface area contributed by atoms with Crippen molar-refractivity contribution in [3.8, 4) is 0 Å². The van der Waals surface area contributed by atoms with Crippen molar-refractivity contribution < 1.29 is 0 Å². The zero-order valence-electron chi connectivity index (χ0n) is 12.9. The van der Waals surface area contributed by atoms with Crippen LogP contribution in [0.15, 0.2) is 58.8 Å². The van der Waals surface area contributed by atoms with Gasteiger partial charge in [-0.1, -0.05) is 71.4 Å². The lowest BCUT2D eigenvalue weighted by Crippen LogP contribution is -2.01. The Morgan fingerprint density at radius 2 is 1.92 bits per heavy atom. The molecule has 1 heterocycles. The molecule has 4 nitrogen and oxygen atoms in total. The molecule has 0 radical (unpaired) electrons. The molecule has 0 amide bonds. The summed E-state index contributed by atoms with van der Waals surface area (Å²) in [6.07, 6.45) is 4.29. The molecule has 122 valence electrons. The Kier molecular flexibility index (Phi) is 5.56. The van der Waals surface area contributed by atoms with Crippen molar-refractivity contribution in [3.63, 3.8) is 0 Å². The van der Waals surface area contributed by atoms with Crippen molar-refractivity contribution >= 4 is 41.2 Å². The standard InChI is InChI=1S/C17H14Cl2N4S/c1-24-17-22-21-16(9-12-5-3-2-4-6-12)23(17)20-11-13-7-8-14(18)10-15(13)19/h2-8,10-11H,9H2,1H3/b20-11-. The first kappa shape index (κ1) is 17.0. The molecule has 0 atom stereocenters. The summed E-state index contributed by atoms with van der Waals surface area (Å²) in [7, 11) is 0. The summed E-state index contributed by atoms with van der Waals surface area (Å²) >= 11 is 13.6. The summed E-state index contributed by atoms with van der Waals surface area (Å²) < 4.78 is 1.74. The van der Waals surface area contributed by atoms with Gasteiger partial charge in [0.05, 0.1) is 11.2 Å². The minimum absolute atomic E-state index is 0.551. The number of hydrogen-bond donors (Lipinski definition) is 0. The SMILES string of the molecule is CSc1nnc(Cc2ccccc2)n1/N=C\c1ccc(Cl)cc1Cl. The molecule has 2 aromatic carbocycles.